The van der Waals surface area contributed by atoms with E-state index in [4.69, 9.17) is 27.9 Å². The largest absolute Gasteiger partial charge is 0.506 e. The van der Waals surface area contributed by atoms with Gasteiger partial charge in [-0.2, -0.15) is 0 Å². The van der Waals surface area contributed by atoms with Gasteiger partial charge in [0.25, 0.3) is 5.91 Å². The molecule has 0 saturated carbocycles. The van der Waals surface area contributed by atoms with Crippen LogP contribution >= 0.6 is 23.2 Å². The number of aliphatic hydroxyl groups is 1. The molecule has 0 spiro atoms. The Kier molecular flexibility index (Phi) is 3.98. The molecule has 2 aromatic heterocycles. The number of amides is 2. The molecule has 2 amide bonds. The van der Waals surface area contributed by atoms with Crippen LogP contribution in [0.5, 0.6) is 11.5 Å². The van der Waals surface area contributed by atoms with Gasteiger partial charge in [0.1, 0.15) is 22.9 Å². The van der Waals surface area contributed by atoms with Gasteiger partial charge in [-0.1, -0.05) is 23.2 Å². The number of nitrogens with zero attached hydrogens (tertiary/aromatic N) is 2. The Morgan fingerprint density at radius 3 is 2.64 bits per heavy atom. The van der Waals surface area contributed by atoms with Crippen LogP contribution in [0.15, 0.2) is 30.3 Å². The molecule has 0 radical (unpaired) electrons. The van der Waals surface area contributed by atoms with Crippen molar-refractivity contribution in [1.82, 2.24) is 14.5 Å². The quantitative estimate of drug-likeness (QED) is 0.376. The summed E-state index contributed by atoms with van der Waals surface area (Å²) >= 11 is 12.5. The minimum atomic E-state index is -1.58. The van der Waals surface area contributed by atoms with Crippen LogP contribution < -0.4 is 4.74 Å². The predicted molar refractivity (Wildman–Crippen MR) is 123 cm³/mol. The third-order valence-electron chi connectivity index (χ3n) is 6.90. The average molecular weight is 486 g/mol. The minimum absolute atomic E-state index is 0.0828. The molecule has 0 aliphatic carbocycles. The number of aromatic hydroxyl groups is 1. The number of hydrogen-bond donors (Lipinski definition) is 3. The van der Waals surface area contributed by atoms with E-state index >= 15 is 0 Å². The van der Waals surface area contributed by atoms with Gasteiger partial charge in [0.15, 0.2) is 5.75 Å². The van der Waals surface area contributed by atoms with Crippen molar-refractivity contribution in [3.05, 3.63) is 45.9 Å². The molecule has 4 heterocycles. The number of aromatic nitrogens is 2. The van der Waals surface area contributed by atoms with Crippen molar-refractivity contribution in [2.24, 2.45) is 0 Å². The summed E-state index contributed by atoms with van der Waals surface area (Å²) in [5.74, 6) is -0.731. The zero-order chi connectivity index (χ0) is 23.4. The number of aliphatic hydroxyl groups excluding tert-OH is 1. The van der Waals surface area contributed by atoms with Gasteiger partial charge in [0.05, 0.1) is 29.9 Å². The maximum absolute atomic E-state index is 13.6. The molecule has 1 saturated heterocycles. The number of methoxy groups -OCH3 is 1. The fraction of sp³-hybridized carbons (Fsp3) is 0.217. The van der Waals surface area contributed by atoms with Crippen LogP contribution in [-0.4, -0.2) is 57.2 Å². The molecule has 1 unspecified atom stereocenters. The maximum Gasteiger partial charge on any atom is 0.253 e. The Balaban J connectivity index is 1.89. The van der Waals surface area contributed by atoms with Gasteiger partial charge in [-0.05, 0) is 30.3 Å². The number of H-pyrrole nitrogens is 1. The Morgan fingerprint density at radius 1 is 1.18 bits per heavy atom. The first-order chi connectivity index (χ1) is 15.8. The smallest absolute Gasteiger partial charge is 0.253 e. The Morgan fingerprint density at radius 2 is 1.94 bits per heavy atom. The Hall–Kier alpha value is -3.20. The van der Waals surface area contributed by atoms with E-state index in [9.17, 15) is 19.8 Å². The number of benzene rings is 2. The van der Waals surface area contributed by atoms with Crippen molar-refractivity contribution < 1.29 is 24.5 Å². The van der Waals surface area contributed by atoms with Gasteiger partial charge in [0, 0.05) is 33.9 Å². The van der Waals surface area contributed by atoms with Crippen LogP contribution in [0.2, 0.25) is 10.0 Å². The number of nitrogens with one attached hydrogen (secondary N) is 1. The summed E-state index contributed by atoms with van der Waals surface area (Å²) in [6, 6.07) is 7.11. The maximum atomic E-state index is 13.6. The minimum Gasteiger partial charge on any atom is -0.506 e. The summed E-state index contributed by atoms with van der Waals surface area (Å²) < 4.78 is 7.43. The van der Waals surface area contributed by atoms with E-state index < -0.39 is 29.9 Å². The molecule has 3 N–H and O–H groups in total. The SMILES string of the molecule is COc1c2n(c3cc(Cl)c(O)cc13)C1C(=O)N(C)C(=O)[C@]1(CO)c1c-2[nH]c2ccc(Cl)cc12. The van der Waals surface area contributed by atoms with Crippen LogP contribution in [0.1, 0.15) is 11.6 Å². The Labute approximate surface area is 196 Å². The molecule has 168 valence electrons. The normalized spacial score (nSPS) is 21.6. The number of fused-ring (bicyclic) bond motifs is 10. The van der Waals surface area contributed by atoms with Crippen molar-refractivity contribution in [2.45, 2.75) is 11.5 Å². The highest BCUT2D eigenvalue weighted by Crippen LogP contribution is 2.58. The Bertz CT molecular complexity index is 1560. The average Bonchev–Trinajstić information content (AvgIpc) is 3.38. The monoisotopic (exact) mass is 485 g/mol. The van der Waals surface area contributed by atoms with Crippen LogP contribution in [0.25, 0.3) is 33.2 Å². The standard InChI is InChI=1S/C23H17Cl2N3O5/c1-27-21(31)20-23(8-29,22(27)32)16-10-5-9(24)3-4-13(10)26-17(16)18-19(33-2)11-6-15(30)12(25)7-14(11)28(18)20/h3-7,20,26,29-30H,8H2,1-2H3/t20?,23-/m1/s1. The highest BCUT2D eigenvalue weighted by Gasteiger charge is 2.64. The van der Waals surface area contributed by atoms with Crippen LogP contribution in [0.3, 0.4) is 0 Å². The molecule has 2 atom stereocenters. The molecule has 10 heteroatoms. The molecule has 2 aromatic carbocycles. The molecular formula is C23H17Cl2N3O5. The third-order valence-corrected chi connectivity index (χ3v) is 7.44. The summed E-state index contributed by atoms with van der Waals surface area (Å²) in [7, 11) is 2.89. The number of likely N-dealkylation sites (N-methyl/N-ethyl adjacent to an activating group) is 1. The lowest BCUT2D eigenvalue weighted by molar-refractivity contribution is -0.138. The van der Waals surface area contributed by atoms with E-state index in [0.717, 1.165) is 4.90 Å². The molecule has 6 rings (SSSR count). The molecule has 33 heavy (non-hydrogen) atoms. The molecular weight excluding hydrogens is 469 g/mol. The lowest BCUT2D eigenvalue weighted by atomic mass is 9.72. The lowest BCUT2D eigenvalue weighted by Gasteiger charge is -2.36. The molecule has 2 aliphatic rings. The van der Waals surface area contributed by atoms with Crippen molar-refractivity contribution >= 4 is 56.8 Å². The second-order valence-corrected chi connectivity index (χ2v) is 9.22. The first-order valence-electron chi connectivity index (χ1n) is 10.1. The number of carbonyl (C=O) groups is 2. The van der Waals surface area contributed by atoms with Crippen molar-refractivity contribution in [2.75, 3.05) is 20.8 Å². The van der Waals surface area contributed by atoms with Gasteiger partial charge in [-0.15, -0.1) is 0 Å². The van der Waals surface area contributed by atoms with E-state index in [1.165, 1.54) is 26.3 Å². The predicted octanol–water partition coefficient (Wildman–Crippen LogP) is 3.59. The number of carbonyl (C=O) groups excluding carboxylic acids is 2. The van der Waals surface area contributed by atoms with Crippen LogP contribution in [0, 0.1) is 0 Å². The number of phenols is 1. The van der Waals surface area contributed by atoms with Crippen LogP contribution in [0.4, 0.5) is 0 Å². The highest BCUT2D eigenvalue weighted by atomic mass is 35.5. The van der Waals surface area contributed by atoms with E-state index in [1.807, 2.05) is 0 Å². The van der Waals surface area contributed by atoms with E-state index in [-0.39, 0.29) is 10.8 Å². The van der Waals surface area contributed by atoms with Gasteiger partial charge >= 0.3 is 0 Å². The van der Waals surface area contributed by atoms with E-state index in [2.05, 4.69) is 4.98 Å². The number of hydrogen-bond acceptors (Lipinski definition) is 5. The fourth-order valence-electron chi connectivity index (χ4n) is 5.52. The van der Waals surface area contributed by atoms with Crippen molar-refractivity contribution in [3.8, 4) is 22.9 Å². The topological polar surface area (TPSA) is 108 Å². The first kappa shape index (κ1) is 20.4. The van der Waals surface area contributed by atoms with Gasteiger partial charge in [0.2, 0.25) is 5.91 Å². The third kappa shape index (κ3) is 2.21. The number of rotatable bonds is 2. The number of likely N-dealkylation sites (tertiary alicyclic amines) is 1. The first-order valence-corrected chi connectivity index (χ1v) is 10.9. The molecule has 8 nitrogen and oxygen atoms in total. The molecule has 4 aromatic rings. The number of aromatic amines is 1. The summed E-state index contributed by atoms with van der Waals surface area (Å²) in [4.78, 5) is 31.5. The van der Waals surface area contributed by atoms with Crippen molar-refractivity contribution in [1.29, 1.82) is 0 Å². The summed E-state index contributed by atoms with van der Waals surface area (Å²) in [6.45, 7) is -0.605. The van der Waals surface area contributed by atoms with Gasteiger partial charge < -0.3 is 24.5 Å². The van der Waals surface area contributed by atoms with Crippen LogP contribution in [-0.2, 0) is 15.0 Å². The van der Waals surface area contributed by atoms with Gasteiger partial charge in [-0.3, -0.25) is 14.5 Å². The second-order valence-electron chi connectivity index (χ2n) is 8.37. The summed E-state index contributed by atoms with van der Waals surface area (Å²) in [6.07, 6.45) is 0. The van der Waals surface area contributed by atoms with Gasteiger partial charge in [-0.25, -0.2) is 0 Å². The number of halogens is 2. The molecule has 2 aliphatic heterocycles. The zero-order valence-electron chi connectivity index (χ0n) is 17.4. The number of phenolic OH excluding ortho intramolecular Hbond substituents is 1. The van der Waals surface area contributed by atoms with E-state index in [1.54, 1.807) is 22.8 Å². The highest BCUT2D eigenvalue weighted by molar-refractivity contribution is 6.33. The molecule has 1 fully saturated rings. The number of ether oxygens (including phenoxy) is 1. The number of imide groups is 1. The molecule has 0 bridgehead atoms. The zero-order valence-corrected chi connectivity index (χ0v) is 19.0. The lowest BCUT2D eigenvalue weighted by Crippen LogP contribution is -2.46. The summed E-state index contributed by atoms with van der Waals surface area (Å²) in [5, 5.41) is 22.7. The van der Waals surface area contributed by atoms with E-state index in [0.29, 0.717) is 49.5 Å². The fourth-order valence-corrected chi connectivity index (χ4v) is 5.85. The van der Waals surface area contributed by atoms with Crippen molar-refractivity contribution in [3.63, 3.8) is 0 Å². The second kappa shape index (κ2) is 6.44. The summed E-state index contributed by atoms with van der Waals surface area (Å²) in [5.41, 5.74) is 1.12.